The molecule has 7 rings (SSSR count). The quantitative estimate of drug-likeness (QED) is 0.375. The second kappa shape index (κ2) is 10.5. The zero-order valence-corrected chi connectivity index (χ0v) is 22.6. The first-order chi connectivity index (χ1) is 19.6. The molecule has 0 saturated carbocycles. The minimum absolute atomic E-state index is 0.184. The van der Waals surface area contributed by atoms with Gasteiger partial charge in [0.05, 0.1) is 11.4 Å². The summed E-state index contributed by atoms with van der Waals surface area (Å²) in [6.45, 7) is 4.17. The van der Waals surface area contributed by atoms with Crippen molar-refractivity contribution in [2.45, 2.75) is 51.0 Å². The average Bonchev–Trinajstić information content (AvgIpc) is 3.59. The van der Waals surface area contributed by atoms with Gasteiger partial charge in [-0.3, -0.25) is 0 Å². The number of hydrogen-bond donors (Lipinski definition) is 2. The van der Waals surface area contributed by atoms with Gasteiger partial charge in [-0.15, -0.1) is 15.3 Å². The molecule has 2 fully saturated rings. The van der Waals surface area contributed by atoms with Crippen molar-refractivity contribution in [3.63, 3.8) is 0 Å². The van der Waals surface area contributed by atoms with Crippen molar-refractivity contribution in [1.82, 2.24) is 29.9 Å². The Hall–Kier alpha value is -4.05. The number of likely N-dealkylation sites (tertiary alicyclic amines) is 1. The van der Waals surface area contributed by atoms with Crippen LogP contribution in [0.1, 0.15) is 43.2 Å². The fourth-order valence-corrected chi connectivity index (χ4v) is 6.47. The molecular weight excluding hydrogens is 505 g/mol. The largest absolute Gasteiger partial charge is 0.369 e. The van der Waals surface area contributed by atoms with Crippen molar-refractivity contribution in [2.75, 3.05) is 42.1 Å². The minimum atomic E-state index is -0.256. The summed E-state index contributed by atoms with van der Waals surface area (Å²) in [6, 6.07) is 16.2. The number of nitrogens with two attached hydrogens (primary N) is 1. The van der Waals surface area contributed by atoms with Gasteiger partial charge in [0.25, 0.3) is 0 Å². The van der Waals surface area contributed by atoms with Crippen molar-refractivity contribution in [3.8, 4) is 17.1 Å². The van der Waals surface area contributed by atoms with Crippen LogP contribution in [0, 0.1) is 5.82 Å². The molecule has 0 spiro atoms. The van der Waals surface area contributed by atoms with Crippen LogP contribution in [0.5, 0.6) is 0 Å². The van der Waals surface area contributed by atoms with Gasteiger partial charge in [-0.05, 0) is 93.4 Å². The lowest BCUT2D eigenvalue weighted by Gasteiger charge is -2.37. The van der Waals surface area contributed by atoms with Gasteiger partial charge in [-0.25, -0.2) is 4.39 Å². The summed E-state index contributed by atoms with van der Waals surface area (Å²) in [5.74, 6) is 0.714. The predicted octanol–water partition coefficient (Wildman–Crippen LogP) is 4.74. The molecule has 0 radical (unpaired) electrons. The van der Waals surface area contributed by atoms with E-state index in [0.717, 1.165) is 62.0 Å². The lowest BCUT2D eigenvalue weighted by molar-refractivity contribution is 0.207. The lowest BCUT2D eigenvalue weighted by atomic mass is 10.0. The Morgan fingerprint density at radius 3 is 2.50 bits per heavy atom. The molecule has 2 aromatic carbocycles. The van der Waals surface area contributed by atoms with E-state index < -0.39 is 0 Å². The van der Waals surface area contributed by atoms with Gasteiger partial charge in [0.15, 0.2) is 5.82 Å². The van der Waals surface area contributed by atoms with E-state index in [-0.39, 0.29) is 17.7 Å². The Bertz CT molecular complexity index is 1520. The molecule has 206 valence electrons. The normalized spacial score (nSPS) is 17.9. The van der Waals surface area contributed by atoms with E-state index in [1.165, 1.54) is 42.2 Å². The highest BCUT2D eigenvalue weighted by Gasteiger charge is 2.27. The van der Waals surface area contributed by atoms with Crippen LogP contribution in [-0.4, -0.2) is 62.1 Å². The molecule has 0 amide bonds. The number of nitrogens with one attached hydrogen (secondary N) is 1. The third-order valence-corrected chi connectivity index (χ3v) is 8.54. The van der Waals surface area contributed by atoms with E-state index in [9.17, 15) is 0 Å². The molecule has 4 heterocycles. The minimum Gasteiger partial charge on any atom is -0.369 e. The summed E-state index contributed by atoms with van der Waals surface area (Å²) in [4.78, 5) is 9.11. The van der Waals surface area contributed by atoms with Crippen LogP contribution in [0.4, 0.5) is 27.7 Å². The average molecular weight is 540 g/mol. The number of aromatic nitrogens is 5. The van der Waals surface area contributed by atoms with Crippen LogP contribution in [-0.2, 0) is 12.8 Å². The third-order valence-electron chi connectivity index (χ3n) is 8.54. The second-order valence-electron chi connectivity index (χ2n) is 11.0. The van der Waals surface area contributed by atoms with Crippen molar-refractivity contribution >= 4 is 23.3 Å². The second-order valence-corrected chi connectivity index (χ2v) is 11.0. The molecular formula is C30H34FN9. The first kappa shape index (κ1) is 25.0. The summed E-state index contributed by atoms with van der Waals surface area (Å²) in [5.41, 5.74) is 11.9. The Kier molecular flexibility index (Phi) is 6.55. The number of rotatable bonds is 5. The van der Waals surface area contributed by atoms with Gasteiger partial charge < -0.3 is 20.9 Å². The Morgan fingerprint density at radius 1 is 0.875 bits per heavy atom. The van der Waals surface area contributed by atoms with Crippen LogP contribution < -0.4 is 16.0 Å². The topological polar surface area (TPSA) is 101 Å². The van der Waals surface area contributed by atoms with Crippen molar-refractivity contribution < 1.29 is 4.39 Å². The van der Waals surface area contributed by atoms with Crippen LogP contribution in [0.3, 0.4) is 0 Å². The molecule has 10 heteroatoms. The van der Waals surface area contributed by atoms with Crippen LogP contribution in [0.25, 0.3) is 17.1 Å². The predicted molar refractivity (Wildman–Crippen MR) is 155 cm³/mol. The maximum Gasteiger partial charge on any atom is 0.248 e. The van der Waals surface area contributed by atoms with Gasteiger partial charge in [-0.1, -0.05) is 24.3 Å². The smallest absolute Gasteiger partial charge is 0.248 e. The van der Waals surface area contributed by atoms with Crippen molar-refractivity contribution in [3.05, 3.63) is 65.5 Å². The monoisotopic (exact) mass is 539 g/mol. The number of aryl methyl sites for hydroxylation is 2. The first-order valence-corrected chi connectivity index (χ1v) is 14.4. The van der Waals surface area contributed by atoms with E-state index in [0.29, 0.717) is 23.2 Å². The van der Waals surface area contributed by atoms with E-state index >= 15 is 4.39 Å². The summed E-state index contributed by atoms with van der Waals surface area (Å²) < 4.78 is 16.7. The number of benzene rings is 2. The van der Waals surface area contributed by atoms with E-state index in [1.54, 1.807) is 0 Å². The molecule has 2 aliphatic heterocycles. The van der Waals surface area contributed by atoms with E-state index in [1.807, 2.05) is 24.3 Å². The zero-order valence-electron chi connectivity index (χ0n) is 22.6. The Balaban J connectivity index is 1.06. The number of hydrogen-bond acceptors (Lipinski definition) is 8. The van der Waals surface area contributed by atoms with Gasteiger partial charge in [0, 0.05) is 30.4 Å². The molecule has 0 bridgehead atoms. The van der Waals surface area contributed by atoms with Gasteiger partial charge >= 0.3 is 0 Å². The molecule has 2 saturated heterocycles. The van der Waals surface area contributed by atoms with Crippen molar-refractivity contribution in [1.29, 1.82) is 0 Å². The molecule has 9 nitrogen and oxygen atoms in total. The molecule has 1 aliphatic carbocycles. The first-order valence-electron chi connectivity index (χ1n) is 14.4. The molecule has 3 N–H and O–H groups in total. The summed E-state index contributed by atoms with van der Waals surface area (Å²) in [7, 11) is 0. The van der Waals surface area contributed by atoms with Crippen LogP contribution >= 0.6 is 0 Å². The van der Waals surface area contributed by atoms with E-state index in [2.05, 4.69) is 53.6 Å². The number of halogens is 1. The number of anilines is 4. The van der Waals surface area contributed by atoms with E-state index in [4.69, 9.17) is 5.73 Å². The highest BCUT2D eigenvalue weighted by atomic mass is 19.1. The number of fused-ring (bicyclic) bond motifs is 3. The molecule has 4 aromatic rings. The SMILES string of the molecule is Nc1nc(Nc2ccc(N3CCC(N4CCCC4)CC3)c(F)c2)nn1-c1cc2c(nn1)-c1ccccc1CCC2. The highest BCUT2D eigenvalue weighted by Crippen LogP contribution is 2.32. The lowest BCUT2D eigenvalue weighted by Crippen LogP contribution is -2.44. The standard InChI is InChI=1S/C30H34FN9/c31-25-19-22(10-11-26(25)39-16-12-23(13-17-39)38-14-3-4-15-38)33-30-34-29(32)40(37-30)27-18-21-8-5-7-20-6-1-2-9-24(20)28(21)36-35-27/h1-2,6,9-11,18-19,23H,3-5,7-8,12-17H2,(H3,32,33,34,37). The number of piperidine rings is 1. The van der Waals surface area contributed by atoms with Crippen LogP contribution in [0.2, 0.25) is 0 Å². The van der Waals surface area contributed by atoms with Gasteiger partial charge in [0.1, 0.15) is 5.82 Å². The summed E-state index contributed by atoms with van der Waals surface area (Å²) in [6.07, 6.45) is 7.71. The zero-order chi connectivity index (χ0) is 27.1. The van der Waals surface area contributed by atoms with Gasteiger partial charge in [0.2, 0.25) is 11.9 Å². The maximum atomic E-state index is 15.2. The van der Waals surface area contributed by atoms with Gasteiger partial charge in [-0.2, -0.15) is 9.67 Å². The fraction of sp³-hybridized carbons (Fsp3) is 0.400. The third kappa shape index (κ3) is 4.77. The molecule has 0 atom stereocenters. The molecule has 3 aliphatic rings. The Morgan fingerprint density at radius 2 is 1.68 bits per heavy atom. The summed E-state index contributed by atoms with van der Waals surface area (Å²) in [5, 5.41) is 16.6. The van der Waals surface area contributed by atoms with Crippen LogP contribution in [0.15, 0.2) is 48.5 Å². The fourth-order valence-electron chi connectivity index (χ4n) is 6.47. The van der Waals surface area contributed by atoms with Crippen molar-refractivity contribution in [2.24, 2.45) is 0 Å². The number of nitrogen functional groups attached to an aromatic ring is 1. The molecule has 40 heavy (non-hydrogen) atoms. The molecule has 2 aromatic heterocycles. The Labute approximate surface area is 233 Å². The molecule has 0 unspecified atom stereocenters. The number of nitrogens with zero attached hydrogens (tertiary/aromatic N) is 7. The highest BCUT2D eigenvalue weighted by molar-refractivity contribution is 5.68. The maximum absolute atomic E-state index is 15.2. The summed E-state index contributed by atoms with van der Waals surface area (Å²) >= 11 is 0.